The average molecular weight is 290 g/mol. The van der Waals surface area contributed by atoms with Gasteiger partial charge in [0, 0.05) is 20.1 Å². The summed E-state index contributed by atoms with van der Waals surface area (Å²) in [6, 6.07) is 0.376. The molecule has 1 aromatic heterocycles. The molecular weight excluding hydrogens is 264 g/mol. The van der Waals surface area contributed by atoms with Crippen molar-refractivity contribution in [3.63, 3.8) is 0 Å². The molecule has 6 nitrogen and oxygen atoms in total. The van der Waals surface area contributed by atoms with Crippen LogP contribution in [-0.2, 0) is 0 Å². The zero-order valence-electron chi connectivity index (χ0n) is 13.6. The lowest BCUT2D eigenvalue weighted by Crippen LogP contribution is -2.46. The Morgan fingerprint density at radius 1 is 1.19 bits per heavy atom. The third kappa shape index (κ3) is 2.21. The van der Waals surface area contributed by atoms with Gasteiger partial charge in [0.05, 0.1) is 0 Å². The minimum absolute atomic E-state index is 0.257. The predicted octanol–water partition coefficient (Wildman–Crippen LogP) is 2.15. The highest BCUT2D eigenvalue weighted by molar-refractivity contribution is 5.42. The zero-order chi connectivity index (χ0) is 15.4. The number of nitrogens with one attached hydrogen (secondary N) is 1. The van der Waals surface area contributed by atoms with Crippen LogP contribution in [0.4, 0.5) is 17.8 Å². The lowest BCUT2D eigenvalue weighted by molar-refractivity contribution is 0.155. The Hall–Kier alpha value is -1.59. The minimum Gasteiger partial charge on any atom is -0.368 e. The summed E-state index contributed by atoms with van der Waals surface area (Å²) in [7, 11) is 3.81. The molecule has 0 radical (unpaired) electrons. The van der Waals surface area contributed by atoms with Gasteiger partial charge in [0.1, 0.15) is 0 Å². The summed E-state index contributed by atoms with van der Waals surface area (Å²) >= 11 is 0. The van der Waals surface area contributed by atoms with Crippen molar-refractivity contribution in [3.8, 4) is 0 Å². The van der Waals surface area contributed by atoms with E-state index in [-0.39, 0.29) is 11.4 Å². The van der Waals surface area contributed by atoms with Crippen LogP contribution in [0, 0.1) is 16.7 Å². The molecule has 1 aromatic rings. The monoisotopic (exact) mass is 290 g/mol. The predicted molar refractivity (Wildman–Crippen MR) is 85.2 cm³/mol. The van der Waals surface area contributed by atoms with Gasteiger partial charge in [-0.05, 0) is 36.0 Å². The van der Waals surface area contributed by atoms with Gasteiger partial charge in [0.2, 0.25) is 17.8 Å². The lowest BCUT2D eigenvalue weighted by atomic mass is 9.68. The first-order valence-electron chi connectivity index (χ1n) is 7.68. The number of aromatic nitrogens is 3. The Balaban J connectivity index is 1.90. The number of rotatable bonds is 3. The lowest BCUT2D eigenvalue weighted by Gasteiger charge is -2.43. The summed E-state index contributed by atoms with van der Waals surface area (Å²) in [5.74, 6) is 2.24. The van der Waals surface area contributed by atoms with Crippen molar-refractivity contribution in [2.75, 3.05) is 30.0 Å². The summed E-state index contributed by atoms with van der Waals surface area (Å²) in [4.78, 5) is 14.8. The highest BCUT2D eigenvalue weighted by Crippen LogP contribution is 2.62. The summed E-state index contributed by atoms with van der Waals surface area (Å²) in [6.07, 6.45) is 3.91. The fourth-order valence-electron chi connectivity index (χ4n) is 4.44. The van der Waals surface area contributed by atoms with Crippen molar-refractivity contribution < 1.29 is 0 Å². The average Bonchev–Trinajstić information content (AvgIpc) is 2.85. The maximum atomic E-state index is 5.82. The summed E-state index contributed by atoms with van der Waals surface area (Å²) in [6.45, 7) is 7.10. The molecule has 0 saturated heterocycles. The second-order valence-corrected chi connectivity index (χ2v) is 7.70. The van der Waals surface area contributed by atoms with Crippen LogP contribution >= 0.6 is 0 Å². The minimum atomic E-state index is 0.257. The van der Waals surface area contributed by atoms with E-state index in [1.54, 1.807) is 0 Å². The number of hydrogen-bond acceptors (Lipinski definition) is 6. The van der Waals surface area contributed by atoms with Crippen LogP contribution in [0.25, 0.3) is 0 Å². The highest BCUT2D eigenvalue weighted by atomic mass is 15.3. The quantitative estimate of drug-likeness (QED) is 0.888. The molecule has 3 rings (SSSR count). The molecule has 1 heterocycles. The number of nitrogen functional groups attached to an aromatic ring is 1. The maximum Gasteiger partial charge on any atom is 0.231 e. The number of nitrogens with two attached hydrogens (primary N) is 1. The molecule has 3 N–H and O–H groups in total. The molecule has 2 aliphatic rings. The van der Waals surface area contributed by atoms with Crippen molar-refractivity contribution in [2.24, 2.45) is 16.7 Å². The van der Waals surface area contributed by atoms with E-state index in [0.29, 0.717) is 23.4 Å². The van der Waals surface area contributed by atoms with Gasteiger partial charge in [0.25, 0.3) is 0 Å². The molecule has 21 heavy (non-hydrogen) atoms. The van der Waals surface area contributed by atoms with E-state index in [0.717, 1.165) is 5.92 Å². The third-order valence-electron chi connectivity index (χ3n) is 5.58. The van der Waals surface area contributed by atoms with E-state index >= 15 is 0 Å². The van der Waals surface area contributed by atoms with Gasteiger partial charge >= 0.3 is 0 Å². The number of anilines is 3. The van der Waals surface area contributed by atoms with Crippen LogP contribution in [0.5, 0.6) is 0 Å². The maximum absolute atomic E-state index is 5.82. The SMILES string of the molecule is CN(C)c1nc(N)nc(NC2C3(C)CCC(C3)C2(C)C)n1. The molecule has 0 aliphatic heterocycles. The summed E-state index contributed by atoms with van der Waals surface area (Å²) in [5, 5.41) is 3.57. The summed E-state index contributed by atoms with van der Waals surface area (Å²) < 4.78 is 0. The van der Waals surface area contributed by atoms with Gasteiger partial charge in [-0.15, -0.1) is 0 Å². The van der Waals surface area contributed by atoms with Crippen LogP contribution in [0.2, 0.25) is 0 Å². The van der Waals surface area contributed by atoms with Crippen molar-refractivity contribution in [3.05, 3.63) is 0 Å². The Kier molecular flexibility index (Phi) is 3.04. The second kappa shape index (κ2) is 4.45. The number of fused-ring (bicyclic) bond motifs is 2. The molecule has 2 fully saturated rings. The van der Waals surface area contributed by atoms with E-state index in [1.165, 1.54) is 19.3 Å². The second-order valence-electron chi connectivity index (χ2n) is 7.70. The van der Waals surface area contributed by atoms with E-state index in [4.69, 9.17) is 5.73 Å². The molecule has 3 unspecified atom stereocenters. The Morgan fingerprint density at radius 3 is 2.48 bits per heavy atom. The highest BCUT2D eigenvalue weighted by Gasteiger charge is 2.59. The van der Waals surface area contributed by atoms with Crippen molar-refractivity contribution >= 4 is 17.8 Å². The third-order valence-corrected chi connectivity index (χ3v) is 5.58. The fraction of sp³-hybridized carbons (Fsp3) is 0.800. The van der Waals surface area contributed by atoms with E-state index in [1.807, 2.05) is 19.0 Å². The van der Waals surface area contributed by atoms with Gasteiger partial charge in [-0.2, -0.15) is 15.0 Å². The first-order valence-corrected chi connectivity index (χ1v) is 7.68. The fourth-order valence-corrected chi connectivity index (χ4v) is 4.44. The number of hydrogen-bond donors (Lipinski definition) is 2. The van der Waals surface area contributed by atoms with Gasteiger partial charge in [-0.3, -0.25) is 0 Å². The van der Waals surface area contributed by atoms with E-state index in [9.17, 15) is 0 Å². The molecule has 2 saturated carbocycles. The molecule has 3 atom stereocenters. The molecule has 0 spiro atoms. The normalized spacial score (nSPS) is 33.2. The topological polar surface area (TPSA) is 80.0 Å². The van der Waals surface area contributed by atoms with Crippen LogP contribution in [0.3, 0.4) is 0 Å². The largest absolute Gasteiger partial charge is 0.368 e. The van der Waals surface area contributed by atoms with E-state index < -0.39 is 0 Å². The molecular formula is C15H26N6. The molecule has 2 aliphatic carbocycles. The Bertz CT molecular complexity index is 550. The van der Waals surface area contributed by atoms with Gasteiger partial charge in [-0.25, -0.2) is 0 Å². The van der Waals surface area contributed by atoms with Gasteiger partial charge < -0.3 is 16.0 Å². The van der Waals surface area contributed by atoms with Crippen molar-refractivity contribution in [1.29, 1.82) is 0 Å². The van der Waals surface area contributed by atoms with Gasteiger partial charge in [-0.1, -0.05) is 20.8 Å². The molecule has 0 amide bonds. The zero-order valence-corrected chi connectivity index (χ0v) is 13.6. The molecule has 6 heteroatoms. The van der Waals surface area contributed by atoms with Gasteiger partial charge in [0.15, 0.2) is 0 Å². The van der Waals surface area contributed by atoms with Crippen LogP contribution in [-0.4, -0.2) is 35.1 Å². The molecule has 116 valence electrons. The van der Waals surface area contributed by atoms with Crippen LogP contribution < -0.4 is 16.0 Å². The number of nitrogens with zero attached hydrogens (tertiary/aromatic N) is 4. The van der Waals surface area contributed by atoms with Crippen LogP contribution in [0.15, 0.2) is 0 Å². The Morgan fingerprint density at radius 2 is 1.90 bits per heavy atom. The van der Waals surface area contributed by atoms with Crippen LogP contribution in [0.1, 0.15) is 40.0 Å². The summed E-state index contributed by atoms with van der Waals surface area (Å²) in [5.41, 5.74) is 6.40. The first-order chi connectivity index (χ1) is 9.72. The van der Waals surface area contributed by atoms with E-state index in [2.05, 4.69) is 41.0 Å². The first kappa shape index (κ1) is 14.4. The van der Waals surface area contributed by atoms with Crippen molar-refractivity contribution in [2.45, 2.75) is 46.1 Å². The smallest absolute Gasteiger partial charge is 0.231 e. The molecule has 0 aromatic carbocycles. The van der Waals surface area contributed by atoms with Crippen molar-refractivity contribution in [1.82, 2.24) is 15.0 Å². The molecule has 2 bridgehead atoms. The standard InChI is InChI=1S/C15H26N6/c1-14(2)9-6-7-15(3,8-9)10(14)17-12-18-11(16)19-13(20-12)21(4)5/h9-10H,6-8H2,1-5H3,(H3,16,17,18,19,20). The Labute approximate surface area is 126 Å².